The Morgan fingerprint density at radius 3 is 3.00 bits per heavy atom. The summed E-state index contributed by atoms with van der Waals surface area (Å²) >= 11 is 0. The molecule has 0 bridgehead atoms. The van der Waals surface area contributed by atoms with Crippen molar-refractivity contribution in [2.75, 3.05) is 0 Å². The van der Waals surface area contributed by atoms with Gasteiger partial charge in [0.15, 0.2) is 0 Å². The Balaban J connectivity index is 1.74. The van der Waals surface area contributed by atoms with Crippen molar-refractivity contribution in [2.24, 2.45) is 0 Å². The minimum absolute atomic E-state index is 0.338. The highest BCUT2D eigenvalue weighted by Gasteiger charge is 2.20. The Bertz CT molecular complexity index is 519. The van der Waals surface area contributed by atoms with Gasteiger partial charge < -0.3 is 10.3 Å². The molecule has 17 heavy (non-hydrogen) atoms. The van der Waals surface area contributed by atoms with E-state index in [2.05, 4.69) is 20.3 Å². The summed E-state index contributed by atoms with van der Waals surface area (Å²) in [5.74, 6) is 0.533. The molecule has 0 aromatic carbocycles. The third kappa shape index (κ3) is 2.50. The molecule has 1 saturated carbocycles. The molecule has 4 nitrogen and oxygen atoms in total. The first-order chi connectivity index (χ1) is 8.31. The van der Waals surface area contributed by atoms with Gasteiger partial charge in [-0.2, -0.15) is 0 Å². The predicted molar refractivity (Wildman–Crippen MR) is 61.6 cm³/mol. The summed E-state index contributed by atoms with van der Waals surface area (Å²) in [5.41, 5.74) is 1.51. The summed E-state index contributed by atoms with van der Waals surface area (Å²) in [6.07, 6.45) is 7.02. The first-order valence-electron chi connectivity index (χ1n) is 5.69. The average Bonchev–Trinajstić information content (AvgIpc) is 3.04. The van der Waals surface area contributed by atoms with Crippen LogP contribution in [0.15, 0.2) is 24.7 Å². The number of rotatable bonds is 4. The highest BCUT2D eigenvalue weighted by molar-refractivity contribution is 5.56. The quantitative estimate of drug-likeness (QED) is 0.846. The maximum atomic E-state index is 13.0. The minimum Gasteiger partial charge on any atom is -0.341 e. The molecule has 1 aliphatic rings. The molecule has 0 amide bonds. The van der Waals surface area contributed by atoms with Crippen molar-refractivity contribution in [3.05, 3.63) is 36.3 Å². The van der Waals surface area contributed by atoms with E-state index in [9.17, 15) is 4.39 Å². The average molecular weight is 232 g/mol. The van der Waals surface area contributed by atoms with Gasteiger partial charge in [0.2, 0.25) is 0 Å². The maximum absolute atomic E-state index is 13.0. The van der Waals surface area contributed by atoms with Gasteiger partial charge in [-0.25, -0.2) is 9.37 Å². The number of hydrogen-bond acceptors (Lipinski definition) is 3. The second-order valence-corrected chi connectivity index (χ2v) is 4.29. The normalized spacial score (nSPS) is 15.1. The Kier molecular flexibility index (Phi) is 2.60. The van der Waals surface area contributed by atoms with E-state index in [1.807, 2.05) is 0 Å². The van der Waals surface area contributed by atoms with Gasteiger partial charge in [0.05, 0.1) is 24.6 Å². The summed E-state index contributed by atoms with van der Waals surface area (Å²) in [5, 5.41) is 3.37. The lowest BCUT2D eigenvalue weighted by Gasteiger charge is -1.99. The highest BCUT2D eigenvalue weighted by Crippen LogP contribution is 2.20. The SMILES string of the molecule is Fc1cncc(-c2cnc(CNC3CC3)[nH]2)c1. The maximum Gasteiger partial charge on any atom is 0.142 e. The van der Waals surface area contributed by atoms with Crippen LogP contribution >= 0.6 is 0 Å². The molecule has 0 unspecified atom stereocenters. The molecule has 1 fully saturated rings. The van der Waals surface area contributed by atoms with Crippen LogP contribution in [0.5, 0.6) is 0 Å². The molecule has 1 aliphatic carbocycles. The van der Waals surface area contributed by atoms with Gasteiger partial charge >= 0.3 is 0 Å². The third-order valence-corrected chi connectivity index (χ3v) is 2.78. The lowest BCUT2D eigenvalue weighted by atomic mass is 10.2. The van der Waals surface area contributed by atoms with Crippen molar-refractivity contribution < 1.29 is 4.39 Å². The van der Waals surface area contributed by atoms with Gasteiger partial charge in [0, 0.05) is 17.8 Å². The zero-order valence-electron chi connectivity index (χ0n) is 9.28. The molecule has 0 radical (unpaired) electrons. The fraction of sp³-hybridized carbons (Fsp3) is 0.333. The van der Waals surface area contributed by atoms with Crippen molar-refractivity contribution in [1.82, 2.24) is 20.3 Å². The van der Waals surface area contributed by atoms with Crippen molar-refractivity contribution in [3.8, 4) is 11.3 Å². The fourth-order valence-corrected chi connectivity index (χ4v) is 1.69. The Labute approximate surface area is 98.3 Å². The summed E-state index contributed by atoms with van der Waals surface area (Å²) in [6.45, 7) is 0.730. The van der Waals surface area contributed by atoms with E-state index in [0.717, 1.165) is 23.6 Å². The van der Waals surface area contributed by atoms with Gasteiger partial charge in [-0.15, -0.1) is 0 Å². The van der Waals surface area contributed by atoms with Crippen LogP contribution in [0.2, 0.25) is 0 Å². The molecule has 0 saturated heterocycles. The Hall–Kier alpha value is -1.75. The van der Waals surface area contributed by atoms with Gasteiger partial charge in [-0.3, -0.25) is 4.98 Å². The summed E-state index contributed by atoms with van der Waals surface area (Å²) < 4.78 is 13.0. The molecule has 2 heterocycles. The second-order valence-electron chi connectivity index (χ2n) is 4.29. The second kappa shape index (κ2) is 4.25. The van der Waals surface area contributed by atoms with E-state index in [-0.39, 0.29) is 5.82 Å². The summed E-state index contributed by atoms with van der Waals surface area (Å²) in [7, 11) is 0. The smallest absolute Gasteiger partial charge is 0.142 e. The first-order valence-corrected chi connectivity index (χ1v) is 5.69. The van der Waals surface area contributed by atoms with E-state index in [0.29, 0.717) is 6.04 Å². The van der Waals surface area contributed by atoms with Crippen LogP contribution in [-0.2, 0) is 6.54 Å². The number of pyridine rings is 1. The van der Waals surface area contributed by atoms with Gasteiger partial charge in [0.25, 0.3) is 0 Å². The monoisotopic (exact) mass is 232 g/mol. The molecular weight excluding hydrogens is 219 g/mol. The number of aromatic amines is 1. The number of aromatic nitrogens is 3. The molecule has 0 atom stereocenters. The van der Waals surface area contributed by atoms with Crippen LogP contribution in [0, 0.1) is 5.82 Å². The summed E-state index contributed by atoms with van der Waals surface area (Å²) in [6, 6.07) is 2.10. The molecule has 2 aromatic heterocycles. The molecule has 2 N–H and O–H groups in total. The molecule has 0 aliphatic heterocycles. The highest BCUT2D eigenvalue weighted by atomic mass is 19.1. The number of hydrogen-bond donors (Lipinski definition) is 2. The van der Waals surface area contributed by atoms with Gasteiger partial charge in [-0.1, -0.05) is 0 Å². The lowest BCUT2D eigenvalue weighted by molar-refractivity contribution is 0.622. The van der Waals surface area contributed by atoms with Crippen molar-refractivity contribution in [1.29, 1.82) is 0 Å². The first kappa shape index (κ1) is 10.4. The Morgan fingerprint density at radius 2 is 2.24 bits per heavy atom. The van der Waals surface area contributed by atoms with E-state index in [1.165, 1.54) is 25.1 Å². The van der Waals surface area contributed by atoms with Crippen LogP contribution < -0.4 is 5.32 Å². The molecule has 3 rings (SSSR count). The van der Waals surface area contributed by atoms with E-state index in [1.54, 1.807) is 12.4 Å². The van der Waals surface area contributed by atoms with E-state index < -0.39 is 0 Å². The largest absolute Gasteiger partial charge is 0.341 e. The number of halogens is 1. The minimum atomic E-state index is -0.338. The number of imidazole rings is 1. The van der Waals surface area contributed by atoms with Crippen molar-refractivity contribution in [3.63, 3.8) is 0 Å². The summed E-state index contributed by atoms with van der Waals surface area (Å²) in [4.78, 5) is 11.2. The van der Waals surface area contributed by atoms with Crippen LogP contribution in [0.25, 0.3) is 11.3 Å². The van der Waals surface area contributed by atoms with Crippen molar-refractivity contribution in [2.45, 2.75) is 25.4 Å². The number of nitrogens with one attached hydrogen (secondary N) is 2. The number of nitrogens with zero attached hydrogens (tertiary/aromatic N) is 2. The third-order valence-electron chi connectivity index (χ3n) is 2.78. The van der Waals surface area contributed by atoms with E-state index in [4.69, 9.17) is 0 Å². The molecule has 0 spiro atoms. The topological polar surface area (TPSA) is 53.6 Å². The fourth-order valence-electron chi connectivity index (χ4n) is 1.69. The van der Waals surface area contributed by atoms with Crippen LogP contribution in [0.1, 0.15) is 18.7 Å². The lowest BCUT2D eigenvalue weighted by Crippen LogP contribution is -2.16. The van der Waals surface area contributed by atoms with Crippen molar-refractivity contribution >= 4 is 0 Å². The van der Waals surface area contributed by atoms with Crippen LogP contribution in [0.4, 0.5) is 4.39 Å². The van der Waals surface area contributed by atoms with Gasteiger partial charge in [-0.05, 0) is 18.9 Å². The van der Waals surface area contributed by atoms with Crippen LogP contribution in [0.3, 0.4) is 0 Å². The zero-order valence-corrected chi connectivity index (χ0v) is 9.28. The molecule has 2 aromatic rings. The molecule has 88 valence electrons. The predicted octanol–water partition coefficient (Wildman–Crippen LogP) is 1.86. The van der Waals surface area contributed by atoms with E-state index >= 15 is 0 Å². The number of H-pyrrole nitrogens is 1. The van der Waals surface area contributed by atoms with Crippen LogP contribution in [-0.4, -0.2) is 21.0 Å². The zero-order chi connectivity index (χ0) is 11.7. The molecular formula is C12H13FN4. The standard InChI is InChI=1S/C12H13FN4/c13-9-3-8(4-14-5-9)11-6-16-12(17-11)7-15-10-1-2-10/h3-6,10,15H,1-2,7H2,(H,16,17). The van der Waals surface area contributed by atoms with Gasteiger partial charge in [0.1, 0.15) is 11.6 Å². The Morgan fingerprint density at radius 1 is 1.35 bits per heavy atom. The molecule has 5 heteroatoms.